The number of fused-ring (bicyclic) bond motifs is 1. The molecule has 2 N–H and O–H groups in total. The molecule has 0 fully saturated rings. The van der Waals surface area contributed by atoms with Gasteiger partial charge in [0.05, 0.1) is 0 Å². The van der Waals surface area contributed by atoms with Gasteiger partial charge in [-0.1, -0.05) is 32.0 Å². The van der Waals surface area contributed by atoms with Crippen molar-refractivity contribution in [1.29, 1.82) is 0 Å². The molecule has 0 spiro atoms. The highest BCUT2D eigenvalue weighted by Crippen LogP contribution is 2.27. The lowest BCUT2D eigenvalue weighted by atomic mass is 10.1. The van der Waals surface area contributed by atoms with E-state index in [1.807, 2.05) is 36.4 Å². The summed E-state index contributed by atoms with van der Waals surface area (Å²) in [6.45, 7) is 5.32. The van der Waals surface area contributed by atoms with Crippen LogP contribution in [0.1, 0.15) is 19.4 Å². The quantitative estimate of drug-likeness (QED) is 0.702. The normalized spacial score (nSPS) is 11.2. The van der Waals surface area contributed by atoms with E-state index in [1.165, 1.54) is 10.9 Å². The SMILES string of the molecule is CC(C)NCCc1c[nH]c2ccc(Oc3ccccc3)cc12. The van der Waals surface area contributed by atoms with Gasteiger partial charge in [-0.25, -0.2) is 0 Å². The topological polar surface area (TPSA) is 37.0 Å². The molecular formula is C19H22N2O. The largest absolute Gasteiger partial charge is 0.457 e. The Morgan fingerprint density at radius 3 is 2.64 bits per heavy atom. The minimum absolute atomic E-state index is 0.516. The standard InChI is InChI=1S/C19H22N2O/c1-14(2)20-11-10-15-13-21-19-9-8-17(12-18(15)19)22-16-6-4-3-5-7-16/h3-9,12-14,20-21H,10-11H2,1-2H3. The maximum Gasteiger partial charge on any atom is 0.128 e. The molecular weight excluding hydrogens is 272 g/mol. The van der Waals surface area contributed by atoms with Crippen LogP contribution >= 0.6 is 0 Å². The van der Waals surface area contributed by atoms with Crippen molar-refractivity contribution in [1.82, 2.24) is 10.3 Å². The molecule has 0 aliphatic heterocycles. The van der Waals surface area contributed by atoms with E-state index < -0.39 is 0 Å². The van der Waals surface area contributed by atoms with Gasteiger partial charge in [0.1, 0.15) is 11.5 Å². The highest BCUT2D eigenvalue weighted by atomic mass is 16.5. The number of para-hydroxylation sites is 1. The fraction of sp³-hybridized carbons (Fsp3) is 0.263. The Balaban J connectivity index is 1.79. The molecule has 0 saturated carbocycles. The van der Waals surface area contributed by atoms with Gasteiger partial charge in [0.2, 0.25) is 0 Å². The smallest absolute Gasteiger partial charge is 0.128 e. The Morgan fingerprint density at radius 2 is 1.86 bits per heavy atom. The summed E-state index contributed by atoms with van der Waals surface area (Å²) in [7, 11) is 0. The Labute approximate surface area is 131 Å². The van der Waals surface area contributed by atoms with Gasteiger partial charge in [0.15, 0.2) is 0 Å². The van der Waals surface area contributed by atoms with Gasteiger partial charge in [-0.15, -0.1) is 0 Å². The molecule has 0 amide bonds. The van der Waals surface area contributed by atoms with E-state index in [1.54, 1.807) is 0 Å². The van der Waals surface area contributed by atoms with Crippen LogP contribution in [0.15, 0.2) is 54.7 Å². The molecule has 0 radical (unpaired) electrons. The zero-order chi connectivity index (χ0) is 15.4. The summed E-state index contributed by atoms with van der Waals surface area (Å²) in [6.07, 6.45) is 3.10. The molecule has 3 rings (SSSR count). The van der Waals surface area contributed by atoms with Crippen molar-refractivity contribution < 1.29 is 4.74 Å². The second kappa shape index (κ2) is 6.67. The molecule has 0 bridgehead atoms. The van der Waals surface area contributed by atoms with Crippen LogP contribution in [0.2, 0.25) is 0 Å². The maximum atomic E-state index is 5.92. The molecule has 3 aromatic rings. The molecule has 2 aromatic carbocycles. The fourth-order valence-electron chi connectivity index (χ4n) is 2.55. The summed E-state index contributed by atoms with van der Waals surface area (Å²) in [5.74, 6) is 1.73. The number of nitrogens with one attached hydrogen (secondary N) is 2. The van der Waals surface area contributed by atoms with Crippen molar-refractivity contribution >= 4 is 10.9 Å². The average molecular weight is 294 g/mol. The first-order valence-corrected chi connectivity index (χ1v) is 7.78. The second-order valence-electron chi connectivity index (χ2n) is 5.80. The third-order valence-electron chi connectivity index (χ3n) is 3.66. The monoisotopic (exact) mass is 294 g/mol. The second-order valence-corrected chi connectivity index (χ2v) is 5.80. The zero-order valence-corrected chi connectivity index (χ0v) is 13.1. The van der Waals surface area contributed by atoms with Crippen LogP contribution in [0.5, 0.6) is 11.5 Å². The lowest BCUT2D eigenvalue weighted by molar-refractivity contribution is 0.483. The third-order valence-corrected chi connectivity index (χ3v) is 3.66. The predicted octanol–water partition coefficient (Wildman–Crippen LogP) is 4.50. The van der Waals surface area contributed by atoms with Gasteiger partial charge >= 0.3 is 0 Å². The Hall–Kier alpha value is -2.26. The molecule has 1 heterocycles. The lowest BCUT2D eigenvalue weighted by Crippen LogP contribution is -2.24. The number of H-pyrrole nitrogens is 1. The number of aromatic amines is 1. The van der Waals surface area contributed by atoms with E-state index >= 15 is 0 Å². The molecule has 0 aliphatic rings. The van der Waals surface area contributed by atoms with Gasteiger partial charge in [-0.05, 0) is 48.9 Å². The number of rotatable bonds is 6. The van der Waals surface area contributed by atoms with Crippen molar-refractivity contribution in [2.45, 2.75) is 26.3 Å². The Kier molecular flexibility index (Phi) is 4.45. The lowest BCUT2D eigenvalue weighted by Gasteiger charge is -2.08. The minimum Gasteiger partial charge on any atom is -0.457 e. The van der Waals surface area contributed by atoms with Crippen molar-refractivity contribution in [3.63, 3.8) is 0 Å². The van der Waals surface area contributed by atoms with Crippen LogP contribution in [0.3, 0.4) is 0 Å². The summed E-state index contributed by atoms with van der Waals surface area (Å²) < 4.78 is 5.92. The van der Waals surface area contributed by atoms with Crippen molar-refractivity contribution in [3.8, 4) is 11.5 Å². The van der Waals surface area contributed by atoms with E-state index in [2.05, 4.69) is 42.5 Å². The van der Waals surface area contributed by atoms with Crippen molar-refractivity contribution in [3.05, 3.63) is 60.3 Å². The predicted molar refractivity (Wildman–Crippen MR) is 91.7 cm³/mol. The molecule has 0 unspecified atom stereocenters. The highest BCUT2D eigenvalue weighted by Gasteiger charge is 2.06. The van der Waals surface area contributed by atoms with E-state index in [9.17, 15) is 0 Å². The van der Waals surface area contributed by atoms with Gasteiger partial charge in [-0.3, -0.25) is 0 Å². The van der Waals surface area contributed by atoms with Crippen molar-refractivity contribution in [2.75, 3.05) is 6.54 Å². The fourth-order valence-corrected chi connectivity index (χ4v) is 2.55. The van der Waals surface area contributed by atoms with Gasteiger partial charge < -0.3 is 15.0 Å². The highest BCUT2D eigenvalue weighted by molar-refractivity contribution is 5.84. The molecule has 3 nitrogen and oxygen atoms in total. The summed E-state index contributed by atoms with van der Waals surface area (Å²) in [6, 6.07) is 16.6. The van der Waals surface area contributed by atoms with Gasteiger partial charge in [0, 0.05) is 23.1 Å². The number of benzene rings is 2. The molecule has 1 aromatic heterocycles. The number of hydrogen-bond donors (Lipinski definition) is 2. The summed E-state index contributed by atoms with van der Waals surface area (Å²) in [4.78, 5) is 3.33. The van der Waals surface area contributed by atoms with Crippen LogP contribution in [0.4, 0.5) is 0 Å². The van der Waals surface area contributed by atoms with Gasteiger partial charge in [0.25, 0.3) is 0 Å². The number of ether oxygens (including phenoxy) is 1. The molecule has 0 atom stereocenters. The molecule has 3 heteroatoms. The molecule has 22 heavy (non-hydrogen) atoms. The van der Waals surface area contributed by atoms with Crippen LogP contribution in [-0.2, 0) is 6.42 Å². The maximum absolute atomic E-state index is 5.92. The van der Waals surface area contributed by atoms with E-state index in [0.29, 0.717) is 6.04 Å². The Bertz CT molecular complexity index is 732. The first kappa shape index (κ1) is 14.7. The first-order valence-electron chi connectivity index (χ1n) is 7.78. The van der Waals surface area contributed by atoms with E-state index in [-0.39, 0.29) is 0 Å². The number of aromatic nitrogens is 1. The zero-order valence-electron chi connectivity index (χ0n) is 13.1. The van der Waals surface area contributed by atoms with Crippen LogP contribution in [0.25, 0.3) is 10.9 Å². The van der Waals surface area contributed by atoms with Gasteiger partial charge in [-0.2, -0.15) is 0 Å². The summed E-state index contributed by atoms with van der Waals surface area (Å²) in [5, 5.41) is 4.69. The summed E-state index contributed by atoms with van der Waals surface area (Å²) >= 11 is 0. The average Bonchev–Trinajstić information content (AvgIpc) is 2.91. The minimum atomic E-state index is 0.516. The summed E-state index contributed by atoms with van der Waals surface area (Å²) in [5.41, 5.74) is 2.47. The molecule has 0 saturated heterocycles. The molecule has 114 valence electrons. The van der Waals surface area contributed by atoms with E-state index in [4.69, 9.17) is 4.74 Å². The van der Waals surface area contributed by atoms with E-state index in [0.717, 1.165) is 30.0 Å². The first-order chi connectivity index (χ1) is 10.7. The van der Waals surface area contributed by atoms with Crippen LogP contribution in [0, 0.1) is 0 Å². The number of hydrogen-bond acceptors (Lipinski definition) is 2. The van der Waals surface area contributed by atoms with Crippen LogP contribution in [-0.4, -0.2) is 17.6 Å². The molecule has 0 aliphatic carbocycles. The van der Waals surface area contributed by atoms with Crippen molar-refractivity contribution in [2.24, 2.45) is 0 Å². The Morgan fingerprint density at radius 1 is 1.05 bits per heavy atom. The van der Waals surface area contributed by atoms with Crippen LogP contribution < -0.4 is 10.1 Å². The third kappa shape index (κ3) is 3.49.